The third-order valence-corrected chi connectivity index (χ3v) is 9.01. The van der Waals surface area contributed by atoms with Gasteiger partial charge in [-0.25, -0.2) is 0 Å². The largest absolute Gasteiger partial charge is 0.310 e. The summed E-state index contributed by atoms with van der Waals surface area (Å²) < 4.78 is 2.16. The van der Waals surface area contributed by atoms with Crippen molar-refractivity contribution in [1.82, 2.24) is 0 Å². The Labute approximate surface area is 219 Å². The highest BCUT2D eigenvalue weighted by Crippen LogP contribution is 2.61. The van der Waals surface area contributed by atoms with Gasteiger partial charge in [0.2, 0.25) is 0 Å². The van der Waals surface area contributed by atoms with E-state index in [4.69, 9.17) is 0 Å². The van der Waals surface area contributed by atoms with E-state index in [-0.39, 0.29) is 0 Å². The molecule has 0 radical (unpaired) electrons. The van der Waals surface area contributed by atoms with Crippen LogP contribution in [-0.4, -0.2) is 0 Å². The highest BCUT2D eigenvalue weighted by molar-refractivity contribution is 9.10. The Bertz CT molecular complexity index is 1330. The van der Waals surface area contributed by atoms with Gasteiger partial charge in [0.05, 0.1) is 5.69 Å². The maximum absolute atomic E-state index is 3.60. The molecule has 0 aromatic heterocycles. The normalized spacial score (nSPS) is 22.6. The quantitative estimate of drug-likeness (QED) is 0.235. The lowest BCUT2D eigenvalue weighted by atomic mass is 9.77. The first-order chi connectivity index (χ1) is 16.4. The minimum atomic E-state index is 0.312. The summed E-state index contributed by atoms with van der Waals surface area (Å²) in [6.07, 6.45) is 3.89. The molecule has 170 valence electrons. The molecular formula is C31H27Br2N. The number of fused-ring (bicyclic) bond motifs is 5. The van der Waals surface area contributed by atoms with Crippen LogP contribution >= 0.6 is 31.9 Å². The smallest absolute Gasteiger partial charge is 0.0540 e. The van der Waals surface area contributed by atoms with Crippen LogP contribution in [0.15, 0.2) is 99.9 Å². The van der Waals surface area contributed by atoms with Crippen LogP contribution in [0.5, 0.6) is 0 Å². The Morgan fingerprint density at radius 3 is 1.82 bits per heavy atom. The van der Waals surface area contributed by atoms with Gasteiger partial charge in [-0.05, 0) is 101 Å². The molecule has 0 aliphatic heterocycles. The van der Waals surface area contributed by atoms with Crippen molar-refractivity contribution in [3.63, 3.8) is 0 Å². The highest BCUT2D eigenvalue weighted by atomic mass is 79.9. The summed E-state index contributed by atoms with van der Waals surface area (Å²) in [4.78, 5) is 2.36. The molecule has 2 unspecified atom stereocenters. The summed E-state index contributed by atoms with van der Waals surface area (Å²) in [5.74, 6) is 0. The molecule has 3 heteroatoms. The second kappa shape index (κ2) is 8.10. The van der Waals surface area contributed by atoms with Crippen molar-refractivity contribution in [2.24, 2.45) is 0 Å². The monoisotopic (exact) mass is 571 g/mol. The molecule has 2 bridgehead atoms. The molecule has 4 aromatic carbocycles. The zero-order valence-electron chi connectivity index (χ0n) is 19.5. The Kier molecular flexibility index (Phi) is 5.27. The van der Waals surface area contributed by atoms with E-state index in [1.807, 2.05) is 0 Å². The number of nitrogens with zero attached hydrogens (tertiary/aromatic N) is 1. The van der Waals surface area contributed by atoms with Crippen LogP contribution in [-0.2, 0) is 10.8 Å². The third-order valence-electron chi connectivity index (χ3n) is 7.95. The van der Waals surface area contributed by atoms with Gasteiger partial charge in [0.1, 0.15) is 0 Å². The van der Waals surface area contributed by atoms with Crippen molar-refractivity contribution in [3.8, 4) is 11.1 Å². The lowest BCUT2D eigenvalue weighted by Crippen LogP contribution is -2.18. The minimum absolute atomic E-state index is 0.312. The number of hydrogen-bond acceptors (Lipinski definition) is 1. The molecule has 6 rings (SSSR count). The number of halogens is 2. The highest BCUT2D eigenvalue weighted by Gasteiger charge is 2.52. The Morgan fingerprint density at radius 2 is 1.21 bits per heavy atom. The van der Waals surface area contributed by atoms with Crippen LogP contribution in [0.2, 0.25) is 0 Å². The lowest BCUT2D eigenvalue weighted by molar-refractivity contribution is 0.484. The SMILES string of the molecule is CC12CCC(C)(C1)c1cc(-c3ccccc3N(c3ccc(Br)cc3)c3ccc(Br)cc3)ccc12. The van der Waals surface area contributed by atoms with E-state index in [0.29, 0.717) is 10.8 Å². The Hall–Kier alpha value is -2.36. The summed E-state index contributed by atoms with van der Waals surface area (Å²) in [5, 5.41) is 0. The fraction of sp³-hybridized carbons (Fsp3) is 0.226. The van der Waals surface area contributed by atoms with Crippen molar-refractivity contribution in [1.29, 1.82) is 0 Å². The number of anilines is 3. The van der Waals surface area contributed by atoms with Crippen molar-refractivity contribution < 1.29 is 0 Å². The molecular weight excluding hydrogens is 546 g/mol. The standard InChI is InChI=1S/C31H27Br2N/c1-30-17-18-31(2,20-30)28-19-21(7-16-27(28)30)26-5-3-4-6-29(26)34(24-12-8-22(32)9-13-24)25-14-10-23(33)11-15-25/h3-16,19H,17-18,20H2,1-2H3. The van der Waals surface area contributed by atoms with Crippen LogP contribution in [0.4, 0.5) is 17.1 Å². The molecule has 2 aliphatic carbocycles. The van der Waals surface area contributed by atoms with Crippen molar-refractivity contribution in [2.45, 2.75) is 43.9 Å². The minimum Gasteiger partial charge on any atom is -0.310 e. The van der Waals surface area contributed by atoms with Crippen molar-refractivity contribution >= 4 is 48.9 Å². The fourth-order valence-corrected chi connectivity index (χ4v) is 6.84. The van der Waals surface area contributed by atoms with Gasteiger partial charge in [-0.15, -0.1) is 0 Å². The third kappa shape index (κ3) is 3.56. The van der Waals surface area contributed by atoms with E-state index >= 15 is 0 Å². The number of para-hydroxylation sites is 1. The molecule has 0 amide bonds. The molecule has 34 heavy (non-hydrogen) atoms. The molecule has 1 fully saturated rings. The molecule has 0 saturated heterocycles. The summed E-state index contributed by atoms with van der Waals surface area (Å²) in [7, 11) is 0. The number of benzene rings is 4. The van der Waals surface area contributed by atoms with Crippen molar-refractivity contribution in [3.05, 3.63) is 111 Å². The number of rotatable bonds is 4. The molecule has 1 saturated carbocycles. The van der Waals surface area contributed by atoms with Crippen LogP contribution < -0.4 is 4.90 Å². The maximum atomic E-state index is 3.60. The Balaban J connectivity index is 1.52. The van der Waals surface area contributed by atoms with Gasteiger partial charge in [0, 0.05) is 25.9 Å². The molecule has 0 heterocycles. The molecule has 2 atom stereocenters. The van der Waals surface area contributed by atoms with Gasteiger partial charge in [0.15, 0.2) is 0 Å². The zero-order chi connectivity index (χ0) is 23.5. The van der Waals surface area contributed by atoms with E-state index in [1.54, 1.807) is 11.1 Å². The first kappa shape index (κ1) is 22.1. The lowest BCUT2D eigenvalue weighted by Gasteiger charge is -2.30. The van der Waals surface area contributed by atoms with E-state index in [9.17, 15) is 0 Å². The van der Waals surface area contributed by atoms with Crippen LogP contribution in [0.25, 0.3) is 11.1 Å². The molecule has 0 spiro atoms. The van der Waals surface area contributed by atoms with Gasteiger partial charge in [-0.3, -0.25) is 0 Å². The van der Waals surface area contributed by atoms with Gasteiger partial charge in [-0.1, -0.05) is 82.1 Å². The Morgan fingerprint density at radius 1 is 0.647 bits per heavy atom. The molecule has 1 nitrogen and oxygen atoms in total. The van der Waals surface area contributed by atoms with Crippen LogP contribution in [0.1, 0.15) is 44.2 Å². The van der Waals surface area contributed by atoms with Crippen LogP contribution in [0.3, 0.4) is 0 Å². The van der Waals surface area contributed by atoms with Gasteiger partial charge < -0.3 is 4.90 Å². The van der Waals surface area contributed by atoms with E-state index in [2.05, 4.69) is 142 Å². The predicted molar refractivity (Wildman–Crippen MR) is 151 cm³/mol. The van der Waals surface area contributed by atoms with E-state index < -0.39 is 0 Å². The van der Waals surface area contributed by atoms with Gasteiger partial charge in [-0.2, -0.15) is 0 Å². The second-order valence-corrected chi connectivity index (χ2v) is 12.2. The summed E-state index contributed by atoms with van der Waals surface area (Å²) in [5.41, 5.74) is 9.81. The number of hydrogen-bond donors (Lipinski definition) is 0. The maximum Gasteiger partial charge on any atom is 0.0540 e. The van der Waals surface area contributed by atoms with E-state index in [1.165, 1.54) is 36.1 Å². The molecule has 0 N–H and O–H groups in total. The molecule has 4 aromatic rings. The van der Waals surface area contributed by atoms with Crippen molar-refractivity contribution in [2.75, 3.05) is 4.90 Å². The predicted octanol–water partition coefficient (Wildman–Crippen LogP) is 10.1. The average molecular weight is 573 g/mol. The molecule has 2 aliphatic rings. The average Bonchev–Trinajstić information content (AvgIpc) is 3.29. The van der Waals surface area contributed by atoms with Gasteiger partial charge >= 0.3 is 0 Å². The topological polar surface area (TPSA) is 3.24 Å². The van der Waals surface area contributed by atoms with Gasteiger partial charge in [0.25, 0.3) is 0 Å². The summed E-state index contributed by atoms with van der Waals surface area (Å²) in [6.45, 7) is 4.93. The summed E-state index contributed by atoms with van der Waals surface area (Å²) in [6, 6.07) is 33.2. The first-order valence-electron chi connectivity index (χ1n) is 11.9. The van der Waals surface area contributed by atoms with Crippen LogP contribution in [0, 0.1) is 0 Å². The summed E-state index contributed by atoms with van der Waals surface area (Å²) >= 11 is 7.19. The first-order valence-corrected chi connectivity index (χ1v) is 13.5. The zero-order valence-corrected chi connectivity index (χ0v) is 22.7. The van der Waals surface area contributed by atoms with E-state index in [0.717, 1.165) is 20.3 Å². The second-order valence-electron chi connectivity index (χ2n) is 10.4. The fourth-order valence-electron chi connectivity index (χ4n) is 6.31.